The third-order valence-corrected chi connectivity index (χ3v) is 6.77. The van der Waals surface area contributed by atoms with E-state index in [1.165, 1.54) is 12.7 Å². The maximum atomic E-state index is 10.7. The quantitative estimate of drug-likeness (QED) is 0.267. The molecule has 3 N–H and O–H groups in total. The number of aromatic amines is 1. The van der Waals surface area contributed by atoms with Crippen LogP contribution in [0, 0.1) is 20.8 Å². The number of nitrogens with zero attached hydrogens (tertiary/aromatic N) is 1. The second kappa shape index (κ2) is 9.98. The zero-order chi connectivity index (χ0) is 27.0. The Balaban J connectivity index is 1.69. The fraction of sp³-hybridized carbons (Fsp3) is 0.156. The van der Waals surface area contributed by atoms with Crippen LogP contribution in [-0.4, -0.2) is 35.1 Å². The Morgan fingerprint density at radius 2 is 1.58 bits per heavy atom. The van der Waals surface area contributed by atoms with Gasteiger partial charge in [0.25, 0.3) is 0 Å². The number of ether oxygens (including phenoxy) is 2. The second-order valence-corrected chi connectivity index (χ2v) is 9.39. The zero-order valence-electron chi connectivity index (χ0n) is 22.1. The minimum absolute atomic E-state index is 0.0565. The Morgan fingerprint density at radius 3 is 2.26 bits per heavy atom. The molecule has 0 unspecified atom stereocenters. The fourth-order valence-electron chi connectivity index (χ4n) is 5.08. The van der Waals surface area contributed by atoms with Crippen LogP contribution in [-0.2, 0) is 0 Å². The summed E-state index contributed by atoms with van der Waals surface area (Å²) in [6.07, 6.45) is 3.87. The van der Waals surface area contributed by atoms with Crippen LogP contribution in [0.1, 0.15) is 33.5 Å². The number of phenols is 2. The number of allylic oxidation sites excluding steroid dienone is 2. The number of rotatable bonds is 6. The van der Waals surface area contributed by atoms with E-state index >= 15 is 0 Å². The van der Waals surface area contributed by atoms with E-state index in [9.17, 15) is 10.2 Å². The molecule has 0 saturated heterocycles. The van der Waals surface area contributed by atoms with Gasteiger partial charge >= 0.3 is 0 Å². The number of para-hydroxylation sites is 1. The van der Waals surface area contributed by atoms with Gasteiger partial charge in [0.15, 0.2) is 11.5 Å². The number of benzene rings is 3. The third kappa shape index (κ3) is 4.45. The SMILES string of the molecule is COc1ccc(-c2ccc(/C(=C3/C=CC(c4cccc(OC)c4O)=N3)c3c(C)cc(C)cc3C)[nH]2)c(O)c1. The summed E-state index contributed by atoms with van der Waals surface area (Å²) in [6.45, 7) is 6.30. The van der Waals surface area contributed by atoms with Crippen LogP contribution in [0.25, 0.3) is 16.8 Å². The third-order valence-electron chi connectivity index (χ3n) is 6.77. The van der Waals surface area contributed by atoms with E-state index in [-0.39, 0.29) is 11.5 Å². The first-order valence-corrected chi connectivity index (χ1v) is 12.3. The van der Waals surface area contributed by atoms with E-state index in [1.54, 1.807) is 19.2 Å². The molecule has 192 valence electrons. The molecule has 6 heteroatoms. The van der Waals surface area contributed by atoms with Crippen molar-refractivity contribution in [3.8, 4) is 34.3 Å². The summed E-state index contributed by atoms with van der Waals surface area (Å²) >= 11 is 0. The number of aliphatic imine (C=N–C) groups is 1. The molecule has 4 aromatic rings. The molecule has 3 aromatic carbocycles. The largest absolute Gasteiger partial charge is 0.507 e. The summed E-state index contributed by atoms with van der Waals surface area (Å²) in [6, 6.07) is 18.9. The average molecular weight is 507 g/mol. The van der Waals surface area contributed by atoms with E-state index < -0.39 is 0 Å². The van der Waals surface area contributed by atoms with Crippen molar-refractivity contribution in [2.45, 2.75) is 20.8 Å². The van der Waals surface area contributed by atoms with Crippen molar-refractivity contribution >= 4 is 11.3 Å². The summed E-state index contributed by atoms with van der Waals surface area (Å²) in [5.74, 6) is 1.17. The van der Waals surface area contributed by atoms with E-state index in [4.69, 9.17) is 14.5 Å². The van der Waals surface area contributed by atoms with E-state index in [1.807, 2.05) is 48.6 Å². The number of aromatic nitrogens is 1. The number of aromatic hydroxyl groups is 2. The highest BCUT2D eigenvalue weighted by Crippen LogP contribution is 2.39. The molecule has 0 spiro atoms. The van der Waals surface area contributed by atoms with Gasteiger partial charge in [0.1, 0.15) is 11.5 Å². The maximum absolute atomic E-state index is 10.7. The predicted molar refractivity (Wildman–Crippen MR) is 151 cm³/mol. The van der Waals surface area contributed by atoms with Crippen molar-refractivity contribution in [2.24, 2.45) is 4.99 Å². The molecule has 0 atom stereocenters. The van der Waals surface area contributed by atoms with Crippen LogP contribution in [0.3, 0.4) is 0 Å². The van der Waals surface area contributed by atoms with E-state index in [0.717, 1.165) is 39.3 Å². The molecule has 0 bridgehead atoms. The molecule has 6 nitrogen and oxygen atoms in total. The topological polar surface area (TPSA) is 87.1 Å². The summed E-state index contributed by atoms with van der Waals surface area (Å²) in [5.41, 5.74) is 9.81. The first-order valence-electron chi connectivity index (χ1n) is 12.3. The second-order valence-electron chi connectivity index (χ2n) is 9.39. The van der Waals surface area contributed by atoms with E-state index in [2.05, 4.69) is 37.9 Å². The normalized spacial score (nSPS) is 14.0. The minimum Gasteiger partial charge on any atom is -0.507 e. The number of aryl methyl sites for hydroxylation is 3. The number of hydrogen-bond acceptors (Lipinski definition) is 5. The van der Waals surface area contributed by atoms with E-state index in [0.29, 0.717) is 28.3 Å². The number of hydrogen-bond donors (Lipinski definition) is 3. The van der Waals surface area contributed by atoms with Crippen molar-refractivity contribution in [3.63, 3.8) is 0 Å². The van der Waals surface area contributed by atoms with Crippen LogP contribution in [0.4, 0.5) is 0 Å². The minimum atomic E-state index is 0.0565. The van der Waals surface area contributed by atoms with Crippen molar-refractivity contribution < 1.29 is 19.7 Å². The summed E-state index contributed by atoms with van der Waals surface area (Å²) in [7, 11) is 3.10. The van der Waals surface area contributed by atoms with Gasteiger partial charge in [-0.15, -0.1) is 0 Å². The Bertz CT molecular complexity index is 1620. The standard InChI is InChI=1S/C32H30N2O4/c1-18-15-19(2)30(20(3)16-18)31(26-13-11-24(33-26)22-10-9-21(37-4)17-28(22)35)27-14-12-25(34-27)23-7-6-8-29(38-5)32(23)36/h6-17,33,35-36H,1-5H3/b31-27+. The molecular weight excluding hydrogens is 476 g/mol. The van der Waals surface area contributed by atoms with Crippen LogP contribution >= 0.6 is 0 Å². The Morgan fingerprint density at radius 1 is 0.816 bits per heavy atom. The lowest BCUT2D eigenvalue weighted by molar-refractivity contribution is 0.373. The number of phenolic OH excluding ortho intramolecular Hbond substituents is 2. The smallest absolute Gasteiger partial charge is 0.167 e. The van der Waals surface area contributed by atoms with Gasteiger partial charge in [0, 0.05) is 34.2 Å². The molecular formula is C32H30N2O4. The predicted octanol–water partition coefficient (Wildman–Crippen LogP) is 6.85. The first-order chi connectivity index (χ1) is 18.3. The molecule has 0 saturated carbocycles. The zero-order valence-corrected chi connectivity index (χ0v) is 22.1. The monoisotopic (exact) mass is 506 g/mol. The Kier molecular flexibility index (Phi) is 6.55. The lowest BCUT2D eigenvalue weighted by Crippen LogP contribution is -2.00. The van der Waals surface area contributed by atoms with Gasteiger partial charge in [0.2, 0.25) is 0 Å². The summed E-state index contributed by atoms with van der Waals surface area (Å²) in [5, 5.41) is 21.3. The lowest BCUT2D eigenvalue weighted by Gasteiger charge is -2.16. The van der Waals surface area contributed by atoms with Gasteiger partial charge in [-0.25, -0.2) is 4.99 Å². The summed E-state index contributed by atoms with van der Waals surface area (Å²) in [4.78, 5) is 8.46. The molecule has 2 heterocycles. The van der Waals surface area contributed by atoms with Gasteiger partial charge in [-0.05, 0) is 86.0 Å². The van der Waals surface area contributed by atoms with Gasteiger partial charge in [-0.3, -0.25) is 0 Å². The van der Waals surface area contributed by atoms with Gasteiger partial charge in [-0.2, -0.15) is 0 Å². The van der Waals surface area contributed by atoms with Crippen LogP contribution in [0.5, 0.6) is 23.0 Å². The van der Waals surface area contributed by atoms with Crippen LogP contribution in [0.15, 0.2) is 83.5 Å². The molecule has 0 aliphatic carbocycles. The Hall–Kier alpha value is -4.71. The van der Waals surface area contributed by atoms with Crippen molar-refractivity contribution in [1.29, 1.82) is 0 Å². The molecule has 0 fully saturated rings. The molecule has 1 aliphatic rings. The molecule has 1 aliphatic heterocycles. The van der Waals surface area contributed by atoms with Crippen molar-refractivity contribution in [2.75, 3.05) is 14.2 Å². The number of H-pyrrole nitrogens is 1. The molecule has 0 amide bonds. The van der Waals surface area contributed by atoms with Crippen LogP contribution < -0.4 is 9.47 Å². The molecule has 1 aromatic heterocycles. The van der Waals surface area contributed by atoms with Gasteiger partial charge < -0.3 is 24.7 Å². The highest BCUT2D eigenvalue weighted by Gasteiger charge is 2.22. The number of nitrogens with one attached hydrogen (secondary N) is 1. The first kappa shape index (κ1) is 25.0. The highest BCUT2D eigenvalue weighted by atomic mass is 16.5. The van der Waals surface area contributed by atoms with Crippen molar-refractivity contribution in [1.82, 2.24) is 4.98 Å². The maximum Gasteiger partial charge on any atom is 0.167 e. The lowest BCUT2D eigenvalue weighted by atomic mass is 9.91. The molecule has 0 radical (unpaired) electrons. The fourth-order valence-corrected chi connectivity index (χ4v) is 5.08. The molecule has 5 rings (SSSR count). The highest BCUT2D eigenvalue weighted by molar-refractivity contribution is 6.14. The molecule has 38 heavy (non-hydrogen) atoms. The summed E-state index contributed by atoms with van der Waals surface area (Å²) < 4.78 is 10.5. The number of methoxy groups -OCH3 is 2. The Labute approximate surface area is 222 Å². The average Bonchev–Trinajstić information content (AvgIpc) is 3.56. The van der Waals surface area contributed by atoms with Gasteiger partial charge in [0.05, 0.1) is 25.6 Å². The van der Waals surface area contributed by atoms with Crippen molar-refractivity contribution in [3.05, 3.63) is 112 Å². The van der Waals surface area contributed by atoms with Crippen LogP contribution in [0.2, 0.25) is 0 Å². The van der Waals surface area contributed by atoms with Gasteiger partial charge in [-0.1, -0.05) is 23.8 Å².